The summed E-state index contributed by atoms with van der Waals surface area (Å²) in [6.45, 7) is 14.4. The normalized spacial score (nSPS) is 14.1. The summed E-state index contributed by atoms with van der Waals surface area (Å²) < 4.78 is 4.31. The molecule has 2 N–H and O–H groups in total. The van der Waals surface area contributed by atoms with E-state index < -0.39 is 0 Å². The van der Waals surface area contributed by atoms with E-state index in [0.29, 0.717) is 11.3 Å². The van der Waals surface area contributed by atoms with Crippen LogP contribution in [-0.2, 0) is 23.9 Å². The SMILES string of the molecule is CC(C)(C)c1cc(C(=O)Cn2c3[n+](c4ccccc42)CCN3)cc(C(C)(C)C)c1O. The second-order valence-corrected chi connectivity index (χ2v) is 10.3. The van der Waals surface area contributed by atoms with Gasteiger partial charge in [-0.3, -0.25) is 10.1 Å². The number of hydrogen-bond donors (Lipinski definition) is 2. The van der Waals surface area contributed by atoms with E-state index >= 15 is 0 Å². The van der Waals surface area contributed by atoms with Gasteiger partial charge < -0.3 is 5.11 Å². The third-order valence-electron chi connectivity index (χ3n) is 5.94. The topological polar surface area (TPSA) is 58.1 Å². The lowest BCUT2D eigenvalue weighted by Gasteiger charge is -2.28. The molecule has 158 valence electrons. The second kappa shape index (κ2) is 6.86. The minimum atomic E-state index is -0.265. The van der Waals surface area contributed by atoms with E-state index in [1.54, 1.807) is 0 Å². The Morgan fingerprint density at radius 3 is 2.27 bits per heavy atom. The molecule has 5 nitrogen and oxygen atoms in total. The number of carbonyl (C=O) groups is 1. The van der Waals surface area contributed by atoms with Crippen LogP contribution in [0.25, 0.3) is 11.0 Å². The first-order valence-corrected chi connectivity index (χ1v) is 10.6. The van der Waals surface area contributed by atoms with E-state index in [4.69, 9.17) is 0 Å². The van der Waals surface area contributed by atoms with E-state index in [1.807, 2.05) is 24.3 Å². The van der Waals surface area contributed by atoms with Gasteiger partial charge in [-0.15, -0.1) is 0 Å². The monoisotopic (exact) mass is 406 g/mol. The van der Waals surface area contributed by atoms with Crippen molar-refractivity contribution in [2.75, 3.05) is 11.9 Å². The molecule has 0 aliphatic carbocycles. The molecule has 0 bridgehead atoms. The van der Waals surface area contributed by atoms with Gasteiger partial charge in [0.15, 0.2) is 5.78 Å². The number of phenolic OH excluding ortho intramolecular Hbond substituents is 1. The summed E-state index contributed by atoms with van der Waals surface area (Å²) in [5.74, 6) is 1.33. The van der Waals surface area contributed by atoms with Gasteiger partial charge in [0.2, 0.25) is 0 Å². The Labute approximate surface area is 178 Å². The number of nitrogens with one attached hydrogen (secondary N) is 1. The Bertz CT molecular complexity index is 1110. The molecule has 0 unspecified atom stereocenters. The summed E-state index contributed by atoms with van der Waals surface area (Å²) in [6, 6.07) is 12.0. The van der Waals surface area contributed by atoms with Crippen LogP contribution in [0.2, 0.25) is 0 Å². The molecule has 1 aliphatic rings. The summed E-state index contributed by atoms with van der Waals surface area (Å²) in [6.07, 6.45) is 0. The Morgan fingerprint density at radius 2 is 1.67 bits per heavy atom. The average molecular weight is 407 g/mol. The lowest BCUT2D eigenvalue weighted by atomic mass is 9.78. The highest BCUT2D eigenvalue weighted by Crippen LogP contribution is 2.40. The highest BCUT2D eigenvalue weighted by Gasteiger charge is 2.31. The number of Topliss-reactive ketones (excluding diaryl/α,β-unsaturated/α-hetero) is 1. The fraction of sp³-hybridized carbons (Fsp3) is 0.440. The average Bonchev–Trinajstić information content (AvgIpc) is 3.23. The maximum absolute atomic E-state index is 13.5. The minimum absolute atomic E-state index is 0.0452. The first kappa shape index (κ1) is 20.5. The predicted molar refractivity (Wildman–Crippen MR) is 120 cm³/mol. The molecule has 0 amide bonds. The van der Waals surface area contributed by atoms with Gasteiger partial charge in [0.25, 0.3) is 0 Å². The van der Waals surface area contributed by atoms with Crippen LogP contribution in [0.4, 0.5) is 5.95 Å². The molecule has 1 aliphatic heterocycles. The molecule has 0 spiro atoms. The number of para-hydroxylation sites is 2. The van der Waals surface area contributed by atoms with Crippen molar-refractivity contribution in [2.45, 2.75) is 65.5 Å². The van der Waals surface area contributed by atoms with Gasteiger partial charge in [-0.25, -0.2) is 9.13 Å². The minimum Gasteiger partial charge on any atom is -0.507 e. The van der Waals surface area contributed by atoms with Crippen molar-refractivity contribution in [3.63, 3.8) is 0 Å². The molecule has 3 aromatic rings. The molecule has 0 radical (unpaired) electrons. The summed E-state index contributed by atoms with van der Waals surface area (Å²) in [4.78, 5) is 13.5. The largest absolute Gasteiger partial charge is 0.507 e. The number of benzene rings is 2. The first-order valence-electron chi connectivity index (χ1n) is 10.6. The maximum atomic E-state index is 13.5. The predicted octanol–water partition coefficient (Wildman–Crippen LogP) is 4.54. The summed E-state index contributed by atoms with van der Waals surface area (Å²) >= 11 is 0. The zero-order valence-electron chi connectivity index (χ0n) is 18.8. The smallest absolute Gasteiger partial charge is 0.359 e. The van der Waals surface area contributed by atoms with Crippen LogP contribution in [0, 0.1) is 0 Å². The van der Waals surface area contributed by atoms with E-state index in [2.05, 4.69) is 68.1 Å². The molecule has 0 saturated carbocycles. The molecule has 0 saturated heterocycles. The quantitative estimate of drug-likeness (QED) is 0.496. The third kappa shape index (κ3) is 3.36. The number of phenols is 1. The van der Waals surface area contributed by atoms with Gasteiger partial charge in [0, 0.05) is 16.7 Å². The van der Waals surface area contributed by atoms with Crippen molar-refractivity contribution in [1.29, 1.82) is 0 Å². The number of anilines is 1. The van der Waals surface area contributed by atoms with Crippen LogP contribution in [0.15, 0.2) is 36.4 Å². The van der Waals surface area contributed by atoms with Crippen molar-refractivity contribution in [3.8, 4) is 5.75 Å². The number of carbonyl (C=O) groups excluding carboxylic acids is 1. The van der Waals surface area contributed by atoms with Crippen molar-refractivity contribution >= 4 is 22.8 Å². The van der Waals surface area contributed by atoms with Crippen LogP contribution >= 0.6 is 0 Å². The van der Waals surface area contributed by atoms with Gasteiger partial charge in [-0.1, -0.05) is 53.7 Å². The molecule has 0 fully saturated rings. The Kier molecular flexibility index (Phi) is 4.68. The van der Waals surface area contributed by atoms with E-state index in [9.17, 15) is 9.90 Å². The van der Waals surface area contributed by atoms with Crippen molar-refractivity contribution in [1.82, 2.24) is 4.57 Å². The molecule has 0 atom stereocenters. The van der Waals surface area contributed by atoms with Crippen LogP contribution in [0.5, 0.6) is 5.75 Å². The zero-order chi connectivity index (χ0) is 21.8. The molecule has 4 rings (SSSR count). The van der Waals surface area contributed by atoms with Crippen LogP contribution < -0.4 is 9.88 Å². The molecular formula is C25H32N3O2+. The number of aromatic nitrogens is 2. The standard InChI is InChI=1S/C25H31N3O2/c1-24(2,3)17-13-16(14-18(22(17)30)25(4,5)6)21(29)15-28-20-10-8-7-9-19(20)27-12-11-26-23(27)28/h7-10,13-14H,11-12,15H2,1-6H3,(H,29,30)/p+1. The molecule has 2 aromatic carbocycles. The van der Waals surface area contributed by atoms with Gasteiger partial charge >= 0.3 is 5.95 Å². The zero-order valence-corrected chi connectivity index (χ0v) is 18.8. The number of hydrogen-bond acceptors (Lipinski definition) is 3. The lowest BCUT2D eigenvalue weighted by Crippen LogP contribution is -2.29. The number of nitrogens with zero attached hydrogens (tertiary/aromatic N) is 2. The van der Waals surface area contributed by atoms with E-state index in [-0.39, 0.29) is 23.2 Å². The fourth-order valence-corrected chi connectivity index (χ4v) is 4.33. The summed E-state index contributed by atoms with van der Waals surface area (Å²) in [5, 5.41) is 14.4. The van der Waals surface area contributed by atoms with Crippen LogP contribution in [0.3, 0.4) is 0 Å². The lowest BCUT2D eigenvalue weighted by molar-refractivity contribution is -0.644. The number of imidazole rings is 1. The van der Waals surface area contributed by atoms with Crippen LogP contribution in [0.1, 0.15) is 63.0 Å². The van der Waals surface area contributed by atoms with E-state index in [1.165, 1.54) is 0 Å². The Morgan fingerprint density at radius 1 is 1.07 bits per heavy atom. The first-order chi connectivity index (χ1) is 14.0. The van der Waals surface area contributed by atoms with Crippen LogP contribution in [-0.4, -0.2) is 22.0 Å². The maximum Gasteiger partial charge on any atom is 0.359 e. The van der Waals surface area contributed by atoms with Gasteiger partial charge in [0.1, 0.15) is 29.9 Å². The molecule has 30 heavy (non-hydrogen) atoms. The number of aromatic hydroxyl groups is 1. The van der Waals surface area contributed by atoms with Gasteiger partial charge in [-0.2, -0.15) is 0 Å². The summed E-state index contributed by atoms with van der Waals surface area (Å²) in [5.41, 5.74) is 3.94. The van der Waals surface area contributed by atoms with Crippen molar-refractivity contribution in [3.05, 3.63) is 53.1 Å². The number of ketones is 1. The number of rotatable bonds is 3. The second-order valence-electron chi connectivity index (χ2n) is 10.3. The van der Waals surface area contributed by atoms with E-state index in [0.717, 1.165) is 41.2 Å². The highest BCUT2D eigenvalue weighted by molar-refractivity contribution is 5.97. The third-order valence-corrected chi connectivity index (χ3v) is 5.94. The molecule has 5 heteroatoms. The molecule has 1 aromatic heterocycles. The Balaban J connectivity index is 1.81. The summed E-state index contributed by atoms with van der Waals surface area (Å²) in [7, 11) is 0. The van der Waals surface area contributed by atoms with Gasteiger partial charge in [0.05, 0.1) is 6.54 Å². The fourth-order valence-electron chi connectivity index (χ4n) is 4.33. The highest BCUT2D eigenvalue weighted by atomic mass is 16.3. The van der Waals surface area contributed by atoms with Crippen molar-refractivity contribution < 1.29 is 14.5 Å². The van der Waals surface area contributed by atoms with Gasteiger partial charge in [-0.05, 0) is 35.1 Å². The molecule has 2 heterocycles. The molecular weight excluding hydrogens is 374 g/mol. The number of fused-ring (bicyclic) bond motifs is 3. The van der Waals surface area contributed by atoms with Crippen molar-refractivity contribution in [2.24, 2.45) is 0 Å². The Hall–Kier alpha value is -2.82.